The van der Waals surface area contributed by atoms with E-state index in [1.807, 2.05) is 0 Å². The van der Waals surface area contributed by atoms with Crippen molar-refractivity contribution in [2.24, 2.45) is 5.73 Å². The second-order valence-electron chi connectivity index (χ2n) is 1.33. The Morgan fingerprint density at radius 1 is 1.78 bits per heavy atom. The van der Waals surface area contributed by atoms with E-state index in [2.05, 4.69) is 10.1 Å². The number of amides is 2. The minimum atomic E-state index is -0.587. The van der Waals surface area contributed by atoms with E-state index in [1.165, 1.54) is 0 Å². The summed E-state index contributed by atoms with van der Waals surface area (Å²) in [5.74, 6) is 0. The fourth-order valence-electron chi connectivity index (χ4n) is 0.311. The lowest BCUT2D eigenvalue weighted by Gasteiger charge is -1.99. The molecule has 0 saturated carbocycles. The number of hydrogen-bond acceptors (Lipinski definition) is 3. The Morgan fingerprint density at radius 2 is 2.44 bits per heavy atom. The van der Waals surface area contributed by atoms with Crippen LogP contribution in [0.2, 0.25) is 0 Å². The van der Waals surface area contributed by atoms with Crippen molar-refractivity contribution in [3.8, 4) is 0 Å². The highest BCUT2D eigenvalue weighted by molar-refractivity contribution is 5.71. The minimum Gasteiger partial charge on any atom is -0.371 e. The molecule has 0 aromatic carbocycles. The number of primary amides is 1. The normalized spacial score (nSPS) is 9.00. The van der Waals surface area contributed by atoms with Crippen molar-refractivity contribution >= 4 is 6.03 Å². The van der Waals surface area contributed by atoms with E-state index in [4.69, 9.17) is 10.8 Å². The molecule has 0 heterocycles. The summed E-state index contributed by atoms with van der Waals surface area (Å²) < 4.78 is 4.47. The van der Waals surface area contributed by atoms with Gasteiger partial charge in [-0.25, -0.2) is 4.79 Å². The molecule has 0 aromatic rings. The number of aliphatic hydroxyl groups is 1. The molecule has 0 rings (SSSR count). The van der Waals surface area contributed by atoms with Crippen molar-refractivity contribution in [2.75, 3.05) is 19.9 Å². The quantitative estimate of drug-likeness (QED) is 0.327. The largest absolute Gasteiger partial charge is 0.371 e. The van der Waals surface area contributed by atoms with Crippen LogP contribution in [-0.4, -0.2) is 31.1 Å². The first kappa shape index (κ1) is 8.19. The van der Waals surface area contributed by atoms with E-state index in [1.54, 1.807) is 0 Å². The highest BCUT2D eigenvalue weighted by Crippen LogP contribution is 1.66. The third-order valence-corrected chi connectivity index (χ3v) is 0.637. The first-order valence-corrected chi connectivity index (χ1v) is 2.49. The standard InChI is InChI=1S/C4H10N2O3/c5-4(8)6-1-2-9-3-7/h7H,1-3H2,(H3,5,6,8). The number of aliphatic hydroxyl groups excluding tert-OH is 1. The molecule has 0 unspecified atom stereocenters. The lowest BCUT2D eigenvalue weighted by atomic mass is 10.7. The molecule has 5 nitrogen and oxygen atoms in total. The summed E-state index contributed by atoms with van der Waals surface area (Å²) in [6.07, 6.45) is 0. The van der Waals surface area contributed by atoms with Crippen LogP contribution in [0.1, 0.15) is 0 Å². The maximum atomic E-state index is 9.96. The monoisotopic (exact) mass is 134 g/mol. The molecule has 0 radical (unpaired) electrons. The summed E-state index contributed by atoms with van der Waals surface area (Å²) in [5, 5.41) is 10.3. The number of ether oxygens (including phenoxy) is 1. The molecule has 0 spiro atoms. The first-order valence-electron chi connectivity index (χ1n) is 2.49. The van der Waals surface area contributed by atoms with Crippen molar-refractivity contribution in [1.82, 2.24) is 5.32 Å². The first-order chi connectivity index (χ1) is 4.27. The predicted octanol–water partition coefficient (Wildman–Crippen LogP) is -1.38. The maximum Gasteiger partial charge on any atom is 0.312 e. The molecule has 0 fully saturated rings. The molecule has 5 heteroatoms. The Bertz CT molecular complexity index is 85.9. The van der Waals surface area contributed by atoms with Gasteiger partial charge in [-0.05, 0) is 0 Å². The summed E-state index contributed by atoms with van der Waals surface area (Å²) in [4.78, 5) is 9.96. The Labute approximate surface area is 52.8 Å². The van der Waals surface area contributed by atoms with E-state index >= 15 is 0 Å². The summed E-state index contributed by atoms with van der Waals surface area (Å²) >= 11 is 0. The Balaban J connectivity index is 2.83. The average Bonchev–Trinajstić information content (AvgIpc) is 1.80. The smallest absolute Gasteiger partial charge is 0.312 e. The lowest BCUT2D eigenvalue weighted by molar-refractivity contribution is 0.00113. The molecule has 0 aromatic heterocycles. The molecule has 0 aliphatic carbocycles. The number of rotatable bonds is 4. The van der Waals surface area contributed by atoms with Crippen molar-refractivity contribution in [3.63, 3.8) is 0 Å². The Hall–Kier alpha value is -0.810. The van der Waals surface area contributed by atoms with Crippen molar-refractivity contribution in [1.29, 1.82) is 0 Å². The Morgan fingerprint density at radius 3 is 2.89 bits per heavy atom. The fourth-order valence-corrected chi connectivity index (χ4v) is 0.311. The zero-order valence-corrected chi connectivity index (χ0v) is 4.96. The van der Waals surface area contributed by atoms with E-state index in [-0.39, 0.29) is 13.4 Å². The topological polar surface area (TPSA) is 84.6 Å². The second kappa shape index (κ2) is 5.33. The van der Waals surface area contributed by atoms with Gasteiger partial charge < -0.3 is 20.9 Å². The van der Waals surface area contributed by atoms with Gasteiger partial charge in [0.2, 0.25) is 0 Å². The molecule has 2 amide bonds. The van der Waals surface area contributed by atoms with E-state index in [9.17, 15) is 4.79 Å². The average molecular weight is 134 g/mol. The fraction of sp³-hybridized carbons (Fsp3) is 0.750. The van der Waals surface area contributed by atoms with Crippen LogP contribution in [0.4, 0.5) is 4.79 Å². The summed E-state index contributed by atoms with van der Waals surface area (Å²) in [5.41, 5.74) is 4.71. The zero-order valence-electron chi connectivity index (χ0n) is 4.96. The van der Waals surface area contributed by atoms with Crippen LogP contribution in [0.3, 0.4) is 0 Å². The van der Waals surface area contributed by atoms with Crippen molar-refractivity contribution in [3.05, 3.63) is 0 Å². The van der Waals surface area contributed by atoms with Gasteiger partial charge in [0, 0.05) is 6.54 Å². The van der Waals surface area contributed by atoms with Gasteiger partial charge in [-0.3, -0.25) is 0 Å². The summed E-state index contributed by atoms with van der Waals surface area (Å²) in [6, 6.07) is -0.587. The minimum absolute atomic E-state index is 0.277. The van der Waals surface area contributed by atoms with Gasteiger partial charge in [0.25, 0.3) is 0 Å². The third-order valence-electron chi connectivity index (χ3n) is 0.637. The molecule has 4 N–H and O–H groups in total. The molecule has 0 atom stereocenters. The van der Waals surface area contributed by atoms with E-state index in [0.717, 1.165) is 0 Å². The maximum absolute atomic E-state index is 9.96. The molecule has 0 aliphatic heterocycles. The van der Waals surface area contributed by atoms with Crippen molar-refractivity contribution < 1.29 is 14.6 Å². The van der Waals surface area contributed by atoms with Crippen LogP contribution >= 0.6 is 0 Å². The molecule has 0 bridgehead atoms. The molecular formula is C4H10N2O3. The summed E-state index contributed by atoms with van der Waals surface area (Å²) in [7, 11) is 0. The summed E-state index contributed by atoms with van der Waals surface area (Å²) in [6.45, 7) is 0.274. The number of nitrogens with two attached hydrogens (primary N) is 1. The van der Waals surface area contributed by atoms with Gasteiger partial charge in [0.15, 0.2) is 0 Å². The van der Waals surface area contributed by atoms with Crippen LogP contribution in [0.5, 0.6) is 0 Å². The second-order valence-corrected chi connectivity index (χ2v) is 1.33. The molecule has 9 heavy (non-hydrogen) atoms. The van der Waals surface area contributed by atoms with Crippen LogP contribution in [0, 0.1) is 0 Å². The van der Waals surface area contributed by atoms with Gasteiger partial charge >= 0.3 is 6.03 Å². The van der Waals surface area contributed by atoms with Crippen LogP contribution in [-0.2, 0) is 4.74 Å². The number of carbonyl (C=O) groups excluding carboxylic acids is 1. The lowest BCUT2D eigenvalue weighted by Crippen LogP contribution is -2.32. The molecule has 0 aliphatic rings. The Kier molecular flexibility index (Phi) is 4.85. The molecule has 54 valence electrons. The SMILES string of the molecule is NC(=O)NCCOCO. The van der Waals surface area contributed by atoms with Gasteiger partial charge in [-0.1, -0.05) is 0 Å². The van der Waals surface area contributed by atoms with E-state index < -0.39 is 6.03 Å². The molecule has 0 saturated heterocycles. The highest BCUT2D eigenvalue weighted by Gasteiger charge is 1.88. The third kappa shape index (κ3) is 7.19. The van der Waals surface area contributed by atoms with Crippen LogP contribution < -0.4 is 11.1 Å². The van der Waals surface area contributed by atoms with Gasteiger partial charge in [-0.15, -0.1) is 0 Å². The van der Waals surface area contributed by atoms with Crippen LogP contribution in [0.15, 0.2) is 0 Å². The number of nitrogens with one attached hydrogen (secondary N) is 1. The van der Waals surface area contributed by atoms with Crippen LogP contribution in [0.25, 0.3) is 0 Å². The molecular weight excluding hydrogens is 124 g/mol. The van der Waals surface area contributed by atoms with Crippen molar-refractivity contribution in [2.45, 2.75) is 0 Å². The van der Waals surface area contributed by atoms with Gasteiger partial charge in [0.1, 0.15) is 6.79 Å². The predicted molar refractivity (Wildman–Crippen MR) is 30.6 cm³/mol. The van der Waals surface area contributed by atoms with Gasteiger partial charge in [-0.2, -0.15) is 0 Å². The number of carbonyl (C=O) groups is 1. The highest BCUT2D eigenvalue weighted by atomic mass is 16.6. The number of urea groups is 1. The van der Waals surface area contributed by atoms with E-state index in [0.29, 0.717) is 6.54 Å². The number of hydrogen-bond donors (Lipinski definition) is 3. The zero-order chi connectivity index (χ0) is 7.11. The van der Waals surface area contributed by atoms with Gasteiger partial charge in [0.05, 0.1) is 6.61 Å².